The molecule has 0 bridgehead atoms. The highest BCUT2D eigenvalue weighted by Crippen LogP contribution is 2.12. The maximum atomic E-state index is 5.66. The summed E-state index contributed by atoms with van der Waals surface area (Å²) in [4.78, 5) is 0. The van der Waals surface area contributed by atoms with Crippen LogP contribution in [0.15, 0.2) is 24.3 Å². The van der Waals surface area contributed by atoms with Gasteiger partial charge in [-0.25, -0.2) is 0 Å². The Morgan fingerprint density at radius 2 is 2.41 bits per heavy atom. The first kappa shape index (κ1) is 12.4. The van der Waals surface area contributed by atoms with Crippen molar-refractivity contribution < 1.29 is 9.47 Å². The van der Waals surface area contributed by atoms with Crippen LogP contribution in [0.4, 0.5) is 0 Å². The number of nitrogens with one attached hydrogen (secondary N) is 1. The Labute approximate surface area is 103 Å². The van der Waals surface area contributed by atoms with Crippen molar-refractivity contribution in [3.8, 4) is 5.75 Å². The summed E-state index contributed by atoms with van der Waals surface area (Å²) >= 11 is 0. The Balaban J connectivity index is 1.56. The first-order chi connectivity index (χ1) is 8.34. The van der Waals surface area contributed by atoms with Gasteiger partial charge in [-0.15, -0.1) is 0 Å². The predicted molar refractivity (Wildman–Crippen MR) is 68.5 cm³/mol. The van der Waals surface area contributed by atoms with Crippen molar-refractivity contribution in [3.05, 3.63) is 29.8 Å². The molecule has 1 aliphatic rings. The van der Waals surface area contributed by atoms with Gasteiger partial charge in [0, 0.05) is 19.7 Å². The molecule has 1 aromatic rings. The van der Waals surface area contributed by atoms with Crippen molar-refractivity contribution in [1.29, 1.82) is 0 Å². The molecule has 1 heterocycles. The standard InChI is InChI=1S/C14H21NO2/c1-12-3-2-4-14(9-12)17-8-6-15-10-13-5-7-16-11-13/h2-4,9,13,15H,5-8,10-11H2,1H3. The van der Waals surface area contributed by atoms with Crippen molar-refractivity contribution in [3.63, 3.8) is 0 Å². The zero-order valence-corrected chi connectivity index (χ0v) is 10.4. The van der Waals surface area contributed by atoms with Crippen LogP contribution in [-0.4, -0.2) is 32.9 Å². The number of ether oxygens (including phenoxy) is 2. The molecule has 1 aromatic carbocycles. The average molecular weight is 235 g/mol. The van der Waals surface area contributed by atoms with Crippen molar-refractivity contribution in [2.45, 2.75) is 13.3 Å². The van der Waals surface area contributed by atoms with Gasteiger partial charge < -0.3 is 14.8 Å². The molecule has 1 unspecified atom stereocenters. The van der Waals surface area contributed by atoms with Gasteiger partial charge in [-0.05, 0) is 37.0 Å². The van der Waals surface area contributed by atoms with E-state index in [9.17, 15) is 0 Å². The third-order valence-electron chi connectivity index (χ3n) is 2.99. The lowest BCUT2D eigenvalue weighted by Gasteiger charge is -2.10. The van der Waals surface area contributed by atoms with Gasteiger partial charge in [0.15, 0.2) is 0 Å². The van der Waals surface area contributed by atoms with Gasteiger partial charge in [-0.2, -0.15) is 0 Å². The molecule has 1 saturated heterocycles. The lowest BCUT2D eigenvalue weighted by atomic mass is 10.1. The first-order valence-electron chi connectivity index (χ1n) is 6.32. The molecule has 2 rings (SSSR count). The van der Waals surface area contributed by atoms with Gasteiger partial charge in [0.05, 0.1) is 6.61 Å². The summed E-state index contributed by atoms with van der Waals surface area (Å²) < 4.78 is 11.0. The van der Waals surface area contributed by atoms with Crippen molar-refractivity contribution in [1.82, 2.24) is 5.32 Å². The molecule has 0 spiro atoms. The monoisotopic (exact) mass is 235 g/mol. The highest BCUT2D eigenvalue weighted by Gasteiger charge is 2.14. The van der Waals surface area contributed by atoms with Gasteiger partial charge in [0.25, 0.3) is 0 Å². The fourth-order valence-corrected chi connectivity index (χ4v) is 2.00. The Morgan fingerprint density at radius 3 is 3.18 bits per heavy atom. The first-order valence-corrected chi connectivity index (χ1v) is 6.32. The second-order valence-corrected chi connectivity index (χ2v) is 4.60. The van der Waals surface area contributed by atoms with Gasteiger partial charge in [-0.1, -0.05) is 12.1 Å². The van der Waals surface area contributed by atoms with E-state index in [0.29, 0.717) is 5.92 Å². The van der Waals surface area contributed by atoms with Crippen LogP contribution in [0.2, 0.25) is 0 Å². The highest BCUT2D eigenvalue weighted by molar-refractivity contribution is 5.27. The molecule has 1 atom stereocenters. The molecule has 0 amide bonds. The van der Waals surface area contributed by atoms with Gasteiger partial charge in [-0.3, -0.25) is 0 Å². The molecule has 17 heavy (non-hydrogen) atoms. The van der Waals surface area contributed by atoms with Gasteiger partial charge in [0.1, 0.15) is 12.4 Å². The van der Waals surface area contributed by atoms with E-state index in [1.165, 1.54) is 12.0 Å². The lowest BCUT2D eigenvalue weighted by molar-refractivity contribution is 0.185. The topological polar surface area (TPSA) is 30.5 Å². The molecule has 0 saturated carbocycles. The van der Waals surface area contributed by atoms with Crippen molar-refractivity contribution in [2.75, 3.05) is 32.9 Å². The SMILES string of the molecule is Cc1cccc(OCCNCC2CCOC2)c1. The maximum absolute atomic E-state index is 5.66. The zero-order chi connectivity index (χ0) is 11.9. The molecular weight excluding hydrogens is 214 g/mol. The fourth-order valence-electron chi connectivity index (χ4n) is 2.00. The van der Waals surface area contributed by atoms with Crippen LogP contribution in [0.1, 0.15) is 12.0 Å². The van der Waals surface area contributed by atoms with Crippen LogP contribution >= 0.6 is 0 Å². The summed E-state index contributed by atoms with van der Waals surface area (Å²) in [5.41, 5.74) is 1.23. The number of hydrogen-bond donors (Lipinski definition) is 1. The van der Waals surface area contributed by atoms with Gasteiger partial charge in [0.2, 0.25) is 0 Å². The molecule has 3 heteroatoms. The molecule has 1 aliphatic heterocycles. The summed E-state index contributed by atoms with van der Waals surface area (Å²) in [6, 6.07) is 8.15. The molecule has 0 radical (unpaired) electrons. The number of benzene rings is 1. The zero-order valence-electron chi connectivity index (χ0n) is 10.4. The van der Waals surface area contributed by atoms with Crippen LogP contribution in [0, 0.1) is 12.8 Å². The molecule has 3 nitrogen and oxygen atoms in total. The summed E-state index contributed by atoms with van der Waals surface area (Å²) in [5, 5.41) is 3.41. The summed E-state index contributed by atoms with van der Waals surface area (Å²) in [6.45, 7) is 6.56. The third kappa shape index (κ3) is 4.36. The van der Waals surface area contributed by atoms with E-state index in [1.54, 1.807) is 0 Å². The maximum Gasteiger partial charge on any atom is 0.119 e. The largest absolute Gasteiger partial charge is 0.492 e. The molecule has 94 valence electrons. The van der Waals surface area contributed by atoms with Gasteiger partial charge >= 0.3 is 0 Å². The predicted octanol–water partition coefficient (Wildman–Crippen LogP) is 2.00. The minimum Gasteiger partial charge on any atom is -0.492 e. The van der Waals surface area contributed by atoms with E-state index in [1.807, 2.05) is 12.1 Å². The molecule has 1 fully saturated rings. The number of aryl methyl sites for hydroxylation is 1. The van der Waals surface area contributed by atoms with Crippen LogP contribution in [-0.2, 0) is 4.74 Å². The van der Waals surface area contributed by atoms with Crippen LogP contribution < -0.4 is 10.1 Å². The highest BCUT2D eigenvalue weighted by atomic mass is 16.5. The van der Waals surface area contributed by atoms with Crippen molar-refractivity contribution >= 4 is 0 Å². The normalized spacial score (nSPS) is 19.5. The Hall–Kier alpha value is -1.06. The molecular formula is C14H21NO2. The van der Waals surface area contributed by atoms with Crippen LogP contribution in [0.3, 0.4) is 0 Å². The van der Waals surface area contributed by atoms with Crippen molar-refractivity contribution in [2.24, 2.45) is 5.92 Å². The summed E-state index contributed by atoms with van der Waals surface area (Å²) in [5.74, 6) is 1.64. The quantitative estimate of drug-likeness (QED) is 0.765. The summed E-state index contributed by atoms with van der Waals surface area (Å²) in [6.07, 6.45) is 1.19. The van der Waals surface area contributed by atoms with E-state index in [4.69, 9.17) is 9.47 Å². The van der Waals surface area contributed by atoms with E-state index in [-0.39, 0.29) is 0 Å². The fraction of sp³-hybridized carbons (Fsp3) is 0.571. The Bertz CT molecular complexity index is 335. The Morgan fingerprint density at radius 1 is 1.47 bits per heavy atom. The minimum atomic E-state index is 0.689. The molecule has 1 N–H and O–H groups in total. The molecule has 0 aliphatic carbocycles. The number of rotatable bonds is 6. The lowest BCUT2D eigenvalue weighted by Crippen LogP contribution is -2.27. The van der Waals surface area contributed by atoms with E-state index >= 15 is 0 Å². The van der Waals surface area contributed by atoms with E-state index in [2.05, 4.69) is 24.4 Å². The summed E-state index contributed by atoms with van der Waals surface area (Å²) in [7, 11) is 0. The second-order valence-electron chi connectivity index (χ2n) is 4.60. The minimum absolute atomic E-state index is 0.689. The van der Waals surface area contributed by atoms with Crippen LogP contribution in [0.25, 0.3) is 0 Å². The third-order valence-corrected chi connectivity index (χ3v) is 2.99. The molecule has 0 aromatic heterocycles. The van der Waals surface area contributed by atoms with Crippen LogP contribution in [0.5, 0.6) is 5.75 Å². The average Bonchev–Trinajstić information content (AvgIpc) is 2.82. The smallest absolute Gasteiger partial charge is 0.119 e. The Kier molecular flexibility index (Phi) is 4.83. The second kappa shape index (κ2) is 6.62. The van der Waals surface area contributed by atoms with E-state index < -0.39 is 0 Å². The van der Waals surface area contributed by atoms with E-state index in [0.717, 1.165) is 38.7 Å². The number of hydrogen-bond acceptors (Lipinski definition) is 3.